The molecule has 0 atom stereocenters. The number of carbonyl (C=O) groups excluding carboxylic acids is 1. The molecular formula is C10H23ClN2O2. The Morgan fingerprint density at radius 1 is 1.27 bits per heavy atom. The first-order valence-electron chi connectivity index (χ1n) is 5.30. The van der Waals surface area contributed by atoms with E-state index in [9.17, 15) is 4.79 Å². The summed E-state index contributed by atoms with van der Waals surface area (Å²) in [6, 6.07) is 0. The van der Waals surface area contributed by atoms with E-state index in [-0.39, 0.29) is 24.9 Å². The van der Waals surface area contributed by atoms with E-state index in [0.717, 1.165) is 13.0 Å². The predicted octanol–water partition coefficient (Wildman–Crippen LogP) is 0.951. The van der Waals surface area contributed by atoms with E-state index in [0.29, 0.717) is 13.2 Å². The molecule has 0 aliphatic heterocycles. The van der Waals surface area contributed by atoms with E-state index in [1.165, 1.54) is 12.8 Å². The quantitative estimate of drug-likeness (QED) is 0.588. The van der Waals surface area contributed by atoms with Gasteiger partial charge in [-0.15, -0.1) is 12.4 Å². The molecule has 5 heteroatoms. The summed E-state index contributed by atoms with van der Waals surface area (Å²) in [6.07, 6.45) is 3.39. The lowest BCUT2D eigenvalue weighted by Gasteiger charge is -2.05. The average Bonchev–Trinajstić information content (AvgIpc) is 2.18. The fourth-order valence-electron chi connectivity index (χ4n) is 0.997. The molecule has 92 valence electrons. The van der Waals surface area contributed by atoms with Gasteiger partial charge in [0.1, 0.15) is 6.61 Å². The molecule has 0 aliphatic rings. The number of ether oxygens (including phenoxy) is 1. The highest BCUT2D eigenvalue weighted by molar-refractivity contribution is 5.85. The molecule has 0 unspecified atom stereocenters. The number of likely N-dealkylation sites (N-methyl/N-ethyl adjacent to an activating group) is 1. The minimum Gasteiger partial charge on any atom is -0.372 e. The van der Waals surface area contributed by atoms with Gasteiger partial charge in [0.15, 0.2) is 0 Å². The normalized spacial score (nSPS) is 9.47. The Bertz CT molecular complexity index is 145. The first kappa shape index (κ1) is 17.1. The van der Waals surface area contributed by atoms with E-state index in [4.69, 9.17) is 4.74 Å². The zero-order chi connectivity index (χ0) is 10.6. The molecule has 0 aromatic rings. The van der Waals surface area contributed by atoms with Crippen molar-refractivity contribution in [2.75, 3.05) is 33.4 Å². The van der Waals surface area contributed by atoms with Crippen molar-refractivity contribution >= 4 is 18.3 Å². The molecule has 0 saturated carbocycles. The van der Waals surface area contributed by atoms with Gasteiger partial charge in [-0.1, -0.05) is 19.8 Å². The first-order valence-corrected chi connectivity index (χ1v) is 5.30. The van der Waals surface area contributed by atoms with Gasteiger partial charge in [-0.05, 0) is 13.5 Å². The topological polar surface area (TPSA) is 50.4 Å². The van der Waals surface area contributed by atoms with Crippen LogP contribution in [0.15, 0.2) is 0 Å². The Kier molecular flexibility index (Phi) is 15.6. The fraction of sp³-hybridized carbons (Fsp3) is 0.900. The van der Waals surface area contributed by atoms with Crippen LogP contribution in [0.5, 0.6) is 0 Å². The highest BCUT2D eigenvalue weighted by Gasteiger charge is 1.98. The lowest BCUT2D eigenvalue weighted by atomic mass is 10.3. The van der Waals surface area contributed by atoms with Crippen LogP contribution in [0.4, 0.5) is 0 Å². The second-order valence-corrected chi connectivity index (χ2v) is 3.21. The molecule has 1 amide bonds. The molecule has 0 radical (unpaired) electrons. The molecule has 0 fully saturated rings. The van der Waals surface area contributed by atoms with E-state index in [1.54, 1.807) is 0 Å². The van der Waals surface area contributed by atoms with Gasteiger partial charge in [0.2, 0.25) is 5.91 Å². The van der Waals surface area contributed by atoms with Gasteiger partial charge >= 0.3 is 0 Å². The molecule has 2 N–H and O–H groups in total. The third-order valence-electron chi connectivity index (χ3n) is 1.82. The van der Waals surface area contributed by atoms with Gasteiger partial charge in [0.25, 0.3) is 0 Å². The van der Waals surface area contributed by atoms with Crippen LogP contribution in [0.3, 0.4) is 0 Å². The summed E-state index contributed by atoms with van der Waals surface area (Å²) < 4.78 is 5.20. The molecule has 0 aliphatic carbocycles. The summed E-state index contributed by atoms with van der Waals surface area (Å²) in [4.78, 5) is 11.1. The van der Waals surface area contributed by atoms with Gasteiger partial charge in [-0.3, -0.25) is 4.79 Å². The van der Waals surface area contributed by atoms with Crippen molar-refractivity contribution in [1.29, 1.82) is 0 Å². The number of carbonyl (C=O) groups is 1. The number of halogens is 1. The summed E-state index contributed by atoms with van der Waals surface area (Å²) in [5, 5.41) is 5.70. The third kappa shape index (κ3) is 13.7. The van der Waals surface area contributed by atoms with Crippen LogP contribution in [0, 0.1) is 0 Å². The van der Waals surface area contributed by atoms with Crippen LogP contribution in [0.1, 0.15) is 26.2 Å². The van der Waals surface area contributed by atoms with Gasteiger partial charge in [0, 0.05) is 19.7 Å². The van der Waals surface area contributed by atoms with Crippen LogP contribution in [0.2, 0.25) is 0 Å². The van der Waals surface area contributed by atoms with Crippen LogP contribution >= 0.6 is 12.4 Å². The van der Waals surface area contributed by atoms with Gasteiger partial charge in [-0.2, -0.15) is 0 Å². The Morgan fingerprint density at radius 2 is 2.00 bits per heavy atom. The Labute approximate surface area is 98.6 Å². The number of hydrogen-bond donors (Lipinski definition) is 2. The van der Waals surface area contributed by atoms with Crippen molar-refractivity contribution in [3.63, 3.8) is 0 Å². The maximum atomic E-state index is 11.1. The monoisotopic (exact) mass is 238 g/mol. The Morgan fingerprint density at radius 3 is 2.60 bits per heavy atom. The maximum Gasteiger partial charge on any atom is 0.246 e. The first-order chi connectivity index (χ1) is 6.81. The predicted molar refractivity (Wildman–Crippen MR) is 64.5 cm³/mol. The number of unbranched alkanes of at least 4 members (excludes halogenated alkanes) is 2. The molecule has 0 bridgehead atoms. The van der Waals surface area contributed by atoms with Crippen LogP contribution < -0.4 is 10.6 Å². The standard InChI is InChI=1S/C10H22N2O2.ClH/c1-3-4-5-8-14-9-10(13)12-7-6-11-2;/h11H,3-9H2,1-2H3,(H,12,13);1H. The molecule has 0 rings (SSSR count). The van der Waals surface area contributed by atoms with Crippen molar-refractivity contribution in [1.82, 2.24) is 10.6 Å². The van der Waals surface area contributed by atoms with Crippen molar-refractivity contribution in [3.05, 3.63) is 0 Å². The number of amides is 1. The van der Waals surface area contributed by atoms with Crippen molar-refractivity contribution in [2.45, 2.75) is 26.2 Å². The fourth-order valence-corrected chi connectivity index (χ4v) is 0.997. The molecule has 0 heterocycles. The number of rotatable bonds is 9. The summed E-state index contributed by atoms with van der Waals surface area (Å²) >= 11 is 0. The summed E-state index contributed by atoms with van der Waals surface area (Å²) in [5.41, 5.74) is 0. The largest absolute Gasteiger partial charge is 0.372 e. The molecule has 15 heavy (non-hydrogen) atoms. The molecular weight excluding hydrogens is 216 g/mol. The smallest absolute Gasteiger partial charge is 0.246 e. The number of hydrogen-bond acceptors (Lipinski definition) is 3. The highest BCUT2D eigenvalue weighted by atomic mass is 35.5. The third-order valence-corrected chi connectivity index (χ3v) is 1.82. The van der Waals surface area contributed by atoms with Crippen LogP contribution in [-0.4, -0.2) is 39.3 Å². The minimum atomic E-state index is -0.0308. The molecule has 4 nitrogen and oxygen atoms in total. The summed E-state index contributed by atoms with van der Waals surface area (Å²) in [6.45, 7) is 4.47. The van der Waals surface area contributed by atoms with E-state index >= 15 is 0 Å². The number of nitrogens with one attached hydrogen (secondary N) is 2. The summed E-state index contributed by atoms with van der Waals surface area (Å²) in [7, 11) is 1.85. The second-order valence-electron chi connectivity index (χ2n) is 3.21. The zero-order valence-electron chi connectivity index (χ0n) is 9.67. The lowest BCUT2D eigenvalue weighted by molar-refractivity contribution is -0.125. The van der Waals surface area contributed by atoms with Gasteiger partial charge in [0.05, 0.1) is 0 Å². The minimum absolute atomic E-state index is 0. The Balaban J connectivity index is 0. The summed E-state index contributed by atoms with van der Waals surface area (Å²) in [5.74, 6) is -0.0308. The van der Waals surface area contributed by atoms with Crippen LogP contribution in [0.25, 0.3) is 0 Å². The molecule has 0 aromatic carbocycles. The van der Waals surface area contributed by atoms with Gasteiger partial charge in [-0.25, -0.2) is 0 Å². The average molecular weight is 239 g/mol. The van der Waals surface area contributed by atoms with Gasteiger partial charge < -0.3 is 15.4 Å². The highest BCUT2D eigenvalue weighted by Crippen LogP contribution is 1.93. The SMILES string of the molecule is CCCCCOCC(=O)NCCNC.Cl. The van der Waals surface area contributed by atoms with E-state index < -0.39 is 0 Å². The molecule has 0 aromatic heterocycles. The van der Waals surface area contributed by atoms with Crippen molar-refractivity contribution in [2.24, 2.45) is 0 Å². The van der Waals surface area contributed by atoms with Crippen LogP contribution in [-0.2, 0) is 9.53 Å². The zero-order valence-corrected chi connectivity index (χ0v) is 10.5. The molecule has 0 spiro atoms. The molecule has 0 saturated heterocycles. The van der Waals surface area contributed by atoms with E-state index in [1.807, 2.05) is 7.05 Å². The van der Waals surface area contributed by atoms with Crippen molar-refractivity contribution < 1.29 is 9.53 Å². The van der Waals surface area contributed by atoms with Crippen molar-refractivity contribution in [3.8, 4) is 0 Å². The lowest BCUT2D eigenvalue weighted by Crippen LogP contribution is -2.33. The second kappa shape index (κ2) is 13.7. The maximum absolute atomic E-state index is 11.1. The Hall–Kier alpha value is -0.320. The van der Waals surface area contributed by atoms with E-state index in [2.05, 4.69) is 17.6 Å².